The van der Waals surface area contributed by atoms with E-state index in [-0.39, 0.29) is 10.5 Å². The molecule has 0 spiro atoms. The highest BCUT2D eigenvalue weighted by Gasteiger charge is 2.26. The van der Waals surface area contributed by atoms with Crippen molar-refractivity contribution in [1.29, 1.82) is 0 Å². The van der Waals surface area contributed by atoms with Crippen LogP contribution in [0.5, 0.6) is 11.5 Å². The predicted octanol–water partition coefficient (Wildman–Crippen LogP) is 1.91. The lowest BCUT2D eigenvalue weighted by molar-refractivity contribution is -0.123. The van der Waals surface area contributed by atoms with Crippen LogP contribution < -0.4 is 14.8 Å². The zero-order valence-electron chi connectivity index (χ0n) is 18.6. The van der Waals surface area contributed by atoms with Gasteiger partial charge in [-0.2, -0.15) is 4.31 Å². The first-order chi connectivity index (χ1) is 15.8. The second-order valence-electron chi connectivity index (χ2n) is 7.15. The van der Waals surface area contributed by atoms with E-state index in [0.717, 1.165) is 0 Å². The first kappa shape index (κ1) is 24.5. The van der Waals surface area contributed by atoms with Crippen LogP contribution in [0.25, 0.3) is 0 Å². The molecule has 2 aromatic rings. The fourth-order valence-corrected chi connectivity index (χ4v) is 4.54. The SMILES string of the molecule is COc1ccc(C(=O)OC(C)C(=O)Nc2ccc(S(=O)(=O)N3CCOCC3)cc2)cc1OC. The van der Waals surface area contributed by atoms with E-state index in [9.17, 15) is 18.0 Å². The van der Waals surface area contributed by atoms with E-state index in [1.54, 1.807) is 6.07 Å². The van der Waals surface area contributed by atoms with Crippen molar-refractivity contribution < 1.29 is 37.0 Å². The molecule has 3 rings (SSSR count). The Labute approximate surface area is 192 Å². The molecule has 1 unspecified atom stereocenters. The average Bonchev–Trinajstić information content (AvgIpc) is 2.84. The monoisotopic (exact) mass is 478 g/mol. The number of rotatable bonds is 8. The molecule has 1 heterocycles. The molecule has 1 aliphatic rings. The lowest BCUT2D eigenvalue weighted by Crippen LogP contribution is -2.40. The van der Waals surface area contributed by atoms with Gasteiger partial charge in [0.05, 0.1) is 37.9 Å². The minimum absolute atomic E-state index is 0.121. The second kappa shape index (κ2) is 10.6. The molecule has 0 aliphatic carbocycles. The van der Waals surface area contributed by atoms with Crippen LogP contribution in [0.2, 0.25) is 0 Å². The second-order valence-corrected chi connectivity index (χ2v) is 9.09. The van der Waals surface area contributed by atoms with E-state index in [1.807, 2.05) is 0 Å². The van der Waals surface area contributed by atoms with Crippen LogP contribution in [0.1, 0.15) is 17.3 Å². The number of hydrogen-bond donors (Lipinski definition) is 1. The zero-order valence-corrected chi connectivity index (χ0v) is 19.4. The van der Waals surface area contributed by atoms with Crippen LogP contribution in [0.4, 0.5) is 5.69 Å². The van der Waals surface area contributed by atoms with Gasteiger partial charge in [0.1, 0.15) is 0 Å². The zero-order chi connectivity index (χ0) is 24.0. The Balaban J connectivity index is 1.61. The van der Waals surface area contributed by atoms with Crippen molar-refractivity contribution in [2.75, 3.05) is 45.8 Å². The molecule has 1 fully saturated rings. The number of carbonyl (C=O) groups is 2. The van der Waals surface area contributed by atoms with Crippen molar-refractivity contribution in [2.24, 2.45) is 0 Å². The number of amides is 1. The van der Waals surface area contributed by atoms with Crippen molar-refractivity contribution in [2.45, 2.75) is 17.9 Å². The lowest BCUT2D eigenvalue weighted by Gasteiger charge is -2.26. The Hall–Kier alpha value is -3.15. The largest absolute Gasteiger partial charge is 0.493 e. The number of hydrogen-bond acceptors (Lipinski definition) is 8. The predicted molar refractivity (Wildman–Crippen MR) is 119 cm³/mol. The quantitative estimate of drug-likeness (QED) is 0.572. The van der Waals surface area contributed by atoms with Gasteiger partial charge in [0, 0.05) is 18.8 Å². The summed E-state index contributed by atoms with van der Waals surface area (Å²) in [6.07, 6.45) is -1.10. The molecule has 1 N–H and O–H groups in total. The van der Waals surface area contributed by atoms with Crippen LogP contribution in [-0.4, -0.2) is 71.2 Å². The third-order valence-corrected chi connectivity index (χ3v) is 6.91. The number of esters is 1. The highest BCUT2D eigenvalue weighted by atomic mass is 32.2. The molecule has 0 saturated carbocycles. The van der Waals surface area contributed by atoms with Crippen LogP contribution in [0.3, 0.4) is 0 Å². The van der Waals surface area contributed by atoms with Crippen molar-refractivity contribution in [3.05, 3.63) is 48.0 Å². The van der Waals surface area contributed by atoms with E-state index in [1.165, 1.54) is 61.8 Å². The lowest BCUT2D eigenvalue weighted by atomic mass is 10.2. The summed E-state index contributed by atoms with van der Waals surface area (Å²) >= 11 is 0. The van der Waals surface area contributed by atoms with Gasteiger partial charge in [-0.1, -0.05) is 0 Å². The Morgan fingerprint density at radius 1 is 1.00 bits per heavy atom. The summed E-state index contributed by atoms with van der Waals surface area (Å²) < 4.78 is 47.5. The Bertz CT molecular complexity index is 1100. The van der Waals surface area contributed by atoms with Crippen molar-refractivity contribution in [1.82, 2.24) is 4.31 Å². The van der Waals surface area contributed by atoms with Gasteiger partial charge in [0.2, 0.25) is 10.0 Å². The normalized spacial score (nSPS) is 15.4. The number of methoxy groups -OCH3 is 2. The molecule has 10 nitrogen and oxygen atoms in total. The molecular formula is C22H26N2O8S. The van der Waals surface area contributed by atoms with Gasteiger partial charge >= 0.3 is 5.97 Å². The first-order valence-corrected chi connectivity index (χ1v) is 11.6. The molecule has 1 aliphatic heterocycles. The summed E-state index contributed by atoms with van der Waals surface area (Å²) in [5, 5.41) is 2.61. The molecular weight excluding hydrogens is 452 g/mol. The van der Waals surface area contributed by atoms with E-state index < -0.39 is 28.0 Å². The van der Waals surface area contributed by atoms with E-state index in [0.29, 0.717) is 43.5 Å². The molecule has 1 saturated heterocycles. The number of nitrogens with zero attached hydrogens (tertiary/aromatic N) is 1. The molecule has 178 valence electrons. The van der Waals surface area contributed by atoms with Gasteiger partial charge in [-0.25, -0.2) is 13.2 Å². The fraction of sp³-hybridized carbons (Fsp3) is 0.364. The smallest absolute Gasteiger partial charge is 0.339 e. The van der Waals surface area contributed by atoms with Crippen LogP contribution in [0.15, 0.2) is 47.4 Å². The maximum Gasteiger partial charge on any atom is 0.339 e. The van der Waals surface area contributed by atoms with E-state index >= 15 is 0 Å². The molecule has 11 heteroatoms. The third-order valence-electron chi connectivity index (χ3n) is 5.00. The third kappa shape index (κ3) is 5.81. The highest BCUT2D eigenvalue weighted by Crippen LogP contribution is 2.28. The summed E-state index contributed by atoms with van der Waals surface area (Å²) in [5.41, 5.74) is 0.569. The first-order valence-electron chi connectivity index (χ1n) is 10.2. The number of morpholine rings is 1. The van der Waals surface area contributed by atoms with Crippen molar-refractivity contribution in [3.8, 4) is 11.5 Å². The van der Waals surface area contributed by atoms with E-state index in [2.05, 4.69) is 5.32 Å². The van der Waals surface area contributed by atoms with Gasteiger partial charge in [0.25, 0.3) is 5.91 Å². The number of anilines is 1. The standard InChI is InChI=1S/C22H26N2O8S/c1-15(32-22(26)16-4-9-19(29-2)20(14-16)30-3)21(25)23-17-5-7-18(8-6-17)33(27,28)24-10-12-31-13-11-24/h4-9,14-15H,10-13H2,1-3H3,(H,23,25). The van der Waals surface area contributed by atoms with Crippen molar-refractivity contribution >= 4 is 27.6 Å². The minimum Gasteiger partial charge on any atom is -0.493 e. The Morgan fingerprint density at radius 2 is 1.64 bits per heavy atom. The molecule has 1 atom stereocenters. The van der Waals surface area contributed by atoms with Crippen LogP contribution in [-0.2, 0) is 24.3 Å². The topological polar surface area (TPSA) is 120 Å². The minimum atomic E-state index is -3.63. The number of sulfonamides is 1. The molecule has 1 amide bonds. The summed E-state index contributed by atoms with van der Waals surface area (Å²) in [6, 6.07) is 10.3. The summed E-state index contributed by atoms with van der Waals surface area (Å²) in [6.45, 7) is 2.74. The fourth-order valence-electron chi connectivity index (χ4n) is 3.14. The van der Waals surface area contributed by atoms with Gasteiger partial charge in [0.15, 0.2) is 17.6 Å². The van der Waals surface area contributed by atoms with Crippen LogP contribution in [0, 0.1) is 0 Å². The summed E-state index contributed by atoms with van der Waals surface area (Å²) in [4.78, 5) is 25.0. The number of nitrogens with one attached hydrogen (secondary N) is 1. The average molecular weight is 479 g/mol. The van der Waals surface area contributed by atoms with Gasteiger partial charge < -0.3 is 24.3 Å². The van der Waals surface area contributed by atoms with Gasteiger partial charge in [-0.3, -0.25) is 4.79 Å². The molecule has 0 aromatic heterocycles. The summed E-state index contributed by atoms with van der Waals surface area (Å²) in [7, 11) is -0.705. The molecule has 33 heavy (non-hydrogen) atoms. The highest BCUT2D eigenvalue weighted by molar-refractivity contribution is 7.89. The Morgan fingerprint density at radius 3 is 2.24 bits per heavy atom. The van der Waals surface area contributed by atoms with Crippen molar-refractivity contribution in [3.63, 3.8) is 0 Å². The molecule has 0 bridgehead atoms. The van der Waals surface area contributed by atoms with Crippen LogP contribution >= 0.6 is 0 Å². The summed E-state index contributed by atoms with van der Waals surface area (Å²) in [5.74, 6) is -0.451. The maximum atomic E-state index is 12.7. The molecule has 2 aromatic carbocycles. The maximum absolute atomic E-state index is 12.7. The number of carbonyl (C=O) groups excluding carboxylic acids is 2. The number of benzene rings is 2. The van der Waals surface area contributed by atoms with Gasteiger partial charge in [-0.05, 0) is 49.4 Å². The number of ether oxygens (including phenoxy) is 4. The van der Waals surface area contributed by atoms with Gasteiger partial charge in [-0.15, -0.1) is 0 Å². The van der Waals surface area contributed by atoms with E-state index in [4.69, 9.17) is 18.9 Å². The Kier molecular flexibility index (Phi) is 7.90. The molecule has 0 radical (unpaired) electrons.